The summed E-state index contributed by atoms with van der Waals surface area (Å²) in [5.41, 5.74) is 10.9. The molecule has 5 N–H and O–H groups in total. The largest absolute Gasteiger partial charge is 0.494 e. The summed E-state index contributed by atoms with van der Waals surface area (Å²) in [4.78, 5) is 19.5. The van der Waals surface area contributed by atoms with Crippen LogP contribution in [0.15, 0.2) is 24.3 Å². The van der Waals surface area contributed by atoms with E-state index in [9.17, 15) is 9.59 Å². The first-order chi connectivity index (χ1) is 11.5. The summed E-state index contributed by atoms with van der Waals surface area (Å²) < 4.78 is 5.34. The van der Waals surface area contributed by atoms with Gasteiger partial charge in [-0.3, -0.25) is 9.59 Å². The van der Waals surface area contributed by atoms with Crippen LogP contribution in [-0.4, -0.2) is 36.6 Å². The van der Waals surface area contributed by atoms with Gasteiger partial charge in [-0.05, 0) is 43.5 Å². The molecule has 1 fully saturated rings. The van der Waals surface area contributed by atoms with E-state index in [0.29, 0.717) is 11.6 Å². The van der Waals surface area contributed by atoms with E-state index < -0.39 is 5.97 Å². The molecule has 1 saturated carbocycles. The lowest BCUT2D eigenvalue weighted by Crippen LogP contribution is -2.22. The third-order valence-electron chi connectivity index (χ3n) is 3.31. The lowest BCUT2D eigenvalue weighted by atomic mass is 9.97. The second kappa shape index (κ2) is 14.7. The Hall–Kier alpha value is -1.92. The maximum absolute atomic E-state index is 10.3. The van der Waals surface area contributed by atoms with Crippen LogP contribution in [0, 0.1) is 0 Å². The van der Waals surface area contributed by atoms with Crippen LogP contribution in [0.25, 0.3) is 0 Å². The van der Waals surface area contributed by atoms with Crippen molar-refractivity contribution in [3.63, 3.8) is 0 Å². The maximum atomic E-state index is 10.3. The number of rotatable bonds is 5. The van der Waals surface area contributed by atoms with Crippen LogP contribution in [0.2, 0.25) is 0 Å². The van der Waals surface area contributed by atoms with Gasteiger partial charge in [-0.15, -0.1) is 0 Å². The van der Waals surface area contributed by atoms with Gasteiger partial charge in [0, 0.05) is 11.6 Å². The van der Waals surface area contributed by atoms with Crippen molar-refractivity contribution in [3.05, 3.63) is 29.8 Å². The summed E-state index contributed by atoms with van der Waals surface area (Å²) >= 11 is 0. The fourth-order valence-electron chi connectivity index (χ4n) is 2.00. The molecule has 0 atom stereocenters. The van der Waals surface area contributed by atoms with E-state index in [1.807, 2.05) is 0 Å². The summed E-state index contributed by atoms with van der Waals surface area (Å²) in [7, 11) is 0. The molecule has 1 aromatic carbocycles. The van der Waals surface area contributed by atoms with Crippen LogP contribution >= 0.6 is 0 Å². The highest BCUT2D eigenvalue weighted by Crippen LogP contribution is 2.14. The normalized spacial score (nSPS) is 13.6. The highest BCUT2D eigenvalue weighted by molar-refractivity contribution is 5.74. The van der Waals surface area contributed by atoms with Gasteiger partial charge >= 0.3 is 5.97 Å². The SMILES string of the molecule is CCCOc1ccc(C=O)cc1.NC1CCCCC1.NCC(=O)O. The standard InChI is InChI=1S/C10H12O2.C6H13N.C2H5NO2/c1-2-7-12-10-5-3-9(8-11)4-6-10;7-6-4-2-1-3-5-6;3-1-2(4)5/h3-6,8H,2,7H2,1H3;6H,1-5,7H2;1,3H2,(H,4,5). The van der Waals surface area contributed by atoms with Crippen molar-refractivity contribution < 1.29 is 19.4 Å². The molecular weight excluding hydrogens is 308 g/mol. The molecule has 6 heteroatoms. The van der Waals surface area contributed by atoms with Crippen molar-refractivity contribution in [2.24, 2.45) is 11.5 Å². The number of aldehydes is 1. The minimum absolute atomic E-state index is 0.278. The predicted molar refractivity (Wildman–Crippen MR) is 95.4 cm³/mol. The third-order valence-corrected chi connectivity index (χ3v) is 3.31. The Morgan fingerprint density at radius 1 is 1.25 bits per heavy atom. The average Bonchev–Trinajstić information content (AvgIpc) is 2.62. The summed E-state index contributed by atoms with van der Waals surface area (Å²) in [6, 6.07) is 7.64. The van der Waals surface area contributed by atoms with Gasteiger partial charge in [-0.2, -0.15) is 0 Å². The highest BCUT2D eigenvalue weighted by Gasteiger charge is 2.06. The minimum atomic E-state index is -0.968. The highest BCUT2D eigenvalue weighted by atomic mass is 16.5. The molecule has 0 radical (unpaired) electrons. The lowest BCUT2D eigenvalue weighted by Gasteiger charge is -2.15. The summed E-state index contributed by atoms with van der Waals surface area (Å²) in [5.74, 6) is -0.146. The van der Waals surface area contributed by atoms with Crippen molar-refractivity contribution in [3.8, 4) is 5.75 Å². The summed E-state index contributed by atoms with van der Waals surface area (Å²) in [6.45, 7) is 2.50. The van der Waals surface area contributed by atoms with Gasteiger partial charge in [0.25, 0.3) is 0 Å². The molecule has 0 bridgehead atoms. The van der Waals surface area contributed by atoms with E-state index in [1.54, 1.807) is 24.3 Å². The number of ether oxygens (including phenoxy) is 1. The zero-order valence-corrected chi connectivity index (χ0v) is 14.4. The molecule has 0 unspecified atom stereocenters. The second-order valence-corrected chi connectivity index (χ2v) is 5.53. The molecule has 0 amide bonds. The number of aliphatic carboxylic acids is 1. The Bertz CT molecular complexity index is 443. The van der Waals surface area contributed by atoms with Gasteiger partial charge in [0.05, 0.1) is 13.2 Å². The molecular formula is C18H30N2O4. The van der Waals surface area contributed by atoms with Crippen molar-refractivity contribution >= 4 is 12.3 Å². The second-order valence-electron chi connectivity index (χ2n) is 5.53. The fraction of sp³-hybridized carbons (Fsp3) is 0.556. The molecule has 0 saturated heterocycles. The molecule has 1 aromatic rings. The monoisotopic (exact) mass is 338 g/mol. The van der Waals surface area contributed by atoms with E-state index >= 15 is 0 Å². The van der Waals surface area contributed by atoms with Crippen LogP contribution in [0.4, 0.5) is 0 Å². The third kappa shape index (κ3) is 12.6. The van der Waals surface area contributed by atoms with Crippen molar-refractivity contribution in [2.75, 3.05) is 13.2 Å². The van der Waals surface area contributed by atoms with Crippen molar-refractivity contribution in [1.82, 2.24) is 0 Å². The van der Waals surface area contributed by atoms with Crippen LogP contribution in [0.1, 0.15) is 55.8 Å². The van der Waals surface area contributed by atoms with E-state index in [2.05, 4.69) is 12.7 Å². The average molecular weight is 338 g/mol. The molecule has 0 spiro atoms. The number of hydrogen-bond acceptors (Lipinski definition) is 5. The van der Waals surface area contributed by atoms with Crippen LogP contribution in [0.3, 0.4) is 0 Å². The number of carbonyl (C=O) groups is 2. The van der Waals surface area contributed by atoms with Crippen molar-refractivity contribution in [2.45, 2.75) is 51.5 Å². The first-order valence-electron chi connectivity index (χ1n) is 8.39. The lowest BCUT2D eigenvalue weighted by molar-refractivity contribution is -0.135. The molecule has 1 aliphatic carbocycles. The Balaban J connectivity index is 0.000000373. The zero-order valence-electron chi connectivity index (χ0n) is 14.4. The Morgan fingerprint density at radius 2 is 1.79 bits per heavy atom. The molecule has 6 nitrogen and oxygen atoms in total. The Kier molecular flexibility index (Phi) is 13.5. The van der Waals surface area contributed by atoms with Gasteiger partial charge in [0.15, 0.2) is 0 Å². The van der Waals surface area contributed by atoms with Crippen LogP contribution in [0.5, 0.6) is 5.75 Å². The number of benzene rings is 1. The van der Waals surface area contributed by atoms with E-state index in [0.717, 1.165) is 25.1 Å². The first-order valence-corrected chi connectivity index (χ1v) is 8.39. The van der Waals surface area contributed by atoms with E-state index in [-0.39, 0.29) is 6.54 Å². The topological polar surface area (TPSA) is 116 Å². The van der Waals surface area contributed by atoms with Gasteiger partial charge in [-0.25, -0.2) is 0 Å². The van der Waals surface area contributed by atoms with Crippen molar-refractivity contribution in [1.29, 1.82) is 0 Å². The predicted octanol–water partition coefficient (Wildman–Crippen LogP) is 2.60. The molecule has 136 valence electrons. The van der Waals surface area contributed by atoms with E-state index in [1.165, 1.54) is 32.1 Å². The number of nitrogens with two attached hydrogens (primary N) is 2. The molecule has 2 rings (SSSR count). The van der Waals surface area contributed by atoms with Crippen LogP contribution in [-0.2, 0) is 4.79 Å². The summed E-state index contributed by atoms with van der Waals surface area (Å²) in [5, 5.41) is 7.60. The van der Waals surface area contributed by atoms with Crippen LogP contribution < -0.4 is 16.2 Å². The molecule has 0 heterocycles. The van der Waals surface area contributed by atoms with E-state index in [4.69, 9.17) is 15.6 Å². The molecule has 0 aliphatic heterocycles. The number of carbonyl (C=O) groups excluding carboxylic acids is 1. The quantitative estimate of drug-likeness (QED) is 0.711. The number of hydrogen-bond donors (Lipinski definition) is 3. The molecule has 1 aliphatic rings. The van der Waals surface area contributed by atoms with Gasteiger partial charge in [0.1, 0.15) is 12.0 Å². The fourth-order valence-corrected chi connectivity index (χ4v) is 2.00. The number of carboxylic acids is 1. The first kappa shape index (κ1) is 22.1. The molecule has 24 heavy (non-hydrogen) atoms. The smallest absolute Gasteiger partial charge is 0.317 e. The number of carboxylic acid groups (broad SMARTS) is 1. The zero-order chi connectivity index (χ0) is 18.2. The Labute approximate surface area is 144 Å². The molecule has 0 aromatic heterocycles. The maximum Gasteiger partial charge on any atom is 0.317 e. The van der Waals surface area contributed by atoms with Gasteiger partial charge in [0.2, 0.25) is 0 Å². The minimum Gasteiger partial charge on any atom is -0.494 e. The summed E-state index contributed by atoms with van der Waals surface area (Å²) in [6.07, 6.45) is 8.48. The Morgan fingerprint density at radius 3 is 2.12 bits per heavy atom. The van der Waals surface area contributed by atoms with Gasteiger partial charge in [-0.1, -0.05) is 26.2 Å². The van der Waals surface area contributed by atoms with Gasteiger partial charge < -0.3 is 21.3 Å².